The molecule has 1 saturated carbocycles. The summed E-state index contributed by atoms with van der Waals surface area (Å²) in [6.07, 6.45) is 3.65. The molecule has 0 bridgehead atoms. The number of hydrogen-bond donors (Lipinski definition) is 1. The van der Waals surface area contributed by atoms with Gasteiger partial charge in [0.25, 0.3) is 0 Å². The van der Waals surface area contributed by atoms with Gasteiger partial charge >= 0.3 is 0 Å². The molecule has 0 radical (unpaired) electrons. The normalized spacial score (nSPS) is 18.8. The van der Waals surface area contributed by atoms with Crippen LogP contribution in [0.15, 0.2) is 0 Å². The van der Waals surface area contributed by atoms with Gasteiger partial charge in [-0.3, -0.25) is 0 Å². The summed E-state index contributed by atoms with van der Waals surface area (Å²) in [7, 11) is 1.78. The lowest BCUT2D eigenvalue weighted by Gasteiger charge is -2.42. The van der Waals surface area contributed by atoms with Crippen LogP contribution in [0.5, 0.6) is 0 Å². The van der Waals surface area contributed by atoms with Crippen LogP contribution in [0.4, 0.5) is 0 Å². The van der Waals surface area contributed by atoms with Crippen molar-refractivity contribution in [2.45, 2.75) is 72.0 Å². The number of rotatable bonds is 4. The fourth-order valence-electron chi connectivity index (χ4n) is 3.55. The Labute approximate surface area is 123 Å². The highest BCUT2D eigenvalue weighted by atomic mass is 16.5. The molecule has 2 rings (SSSR count). The Bertz CT molecular complexity index is 478. The van der Waals surface area contributed by atoms with Gasteiger partial charge in [-0.1, -0.05) is 0 Å². The molecule has 2 nitrogen and oxygen atoms in total. The van der Waals surface area contributed by atoms with E-state index in [4.69, 9.17) is 4.74 Å². The van der Waals surface area contributed by atoms with Gasteiger partial charge in [-0.05, 0) is 87.3 Å². The minimum Gasteiger partial charge on any atom is -0.388 e. The Morgan fingerprint density at radius 3 is 1.75 bits per heavy atom. The van der Waals surface area contributed by atoms with Crippen molar-refractivity contribution in [1.82, 2.24) is 0 Å². The molecule has 20 heavy (non-hydrogen) atoms. The molecule has 0 aliphatic heterocycles. The van der Waals surface area contributed by atoms with Crippen molar-refractivity contribution in [3.05, 3.63) is 33.4 Å². The highest BCUT2D eigenvalue weighted by Gasteiger charge is 2.39. The lowest BCUT2D eigenvalue weighted by Crippen LogP contribution is -2.40. The van der Waals surface area contributed by atoms with E-state index in [2.05, 4.69) is 34.6 Å². The first-order chi connectivity index (χ1) is 9.33. The summed E-state index contributed by atoms with van der Waals surface area (Å²) in [6, 6.07) is 0. The molecule has 1 aliphatic rings. The van der Waals surface area contributed by atoms with Gasteiger partial charge in [-0.25, -0.2) is 0 Å². The highest BCUT2D eigenvalue weighted by molar-refractivity contribution is 5.50. The fraction of sp³-hybridized carbons (Fsp3) is 0.667. The molecule has 1 fully saturated rings. The van der Waals surface area contributed by atoms with Gasteiger partial charge in [0.05, 0.1) is 11.7 Å². The zero-order valence-corrected chi connectivity index (χ0v) is 13.8. The maximum Gasteiger partial charge on any atom is 0.0822 e. The minimum atomic E-state index is -0.423. The van der Waals surface area contributed by atoms with E-state index in [-0.39, 0.29) is 5.60 Å². The van der Waals surface area contributed by atoms with E-state index in [9.17, 15) is 5.11 Å². The van der Waals surface area contributed by atoms with Gasteiger partial charge in [0.1, 0.15) is 0 Å². The zero-order valence-electron chi connectivity index (χ0n) is 13.8. The third kappa shape index (κ3) is 2.40. The molecule has 1 aliphatic carbocycles. The Hall–Kier alpha value is -0.860. The number of methoxy groups -OCH3 is 1. The minimum absolute atomic E-state index is 0.0923. The Morgan fingerprint density at radius 2 is 1.40 bits per heavy atom. The lowest BCUT2D eigenvalue weighted by atomic mass is 9.74. The molecule has 112 valence electrons. The number of hydrogen-bond acceptors (Lipinski definition) is 2. The fourth-order valence-corrected chi connectivity index (χ4v) is 3.55. The van der Waals surface area contributed by atoms with Crippen LogP contribution >= 0.6 is 0 Å². The van der Waals surface area contributed by atoms with Gasteiger partial charge in [0.2, 0.25) is 0 Å². The SMILES string of the molecule is COC1(CC(O)c2c(C)c(C)c(C)c(C)c2C)CCC1. The maximum atomic E-state index is 10.8. The van der Waals surface area contributed by atoms with Crippen molar-refractivity contribution >= 4 is 0 Å². The largest absolute Gasteiger partial charge is 0.388 e. The van der Waals surface area contributed by atoms with Crippen LogP contribution in [-0.4, -0.2) is 17.8 Å². The van der Waals surface area contributed by atoms with Gasteiger partial charge in [0.15, 0.2) is 0 Å². The first-order valence-corrected chi connectivity index (χ1v) is 7.63. The quantitative estimate of drug-likeness (QED) is 0.892. The number of aliphatic hydroxyl groups is 1. The molecule has 1 N–H and O–H groups in total. The average molecular weight is 276 g/mol. The van der Waals surface area contributed by atoms with Crippen LogP contribution in [0.2, 0.25) is 0 Å². The molecule has 2 heteroatoms. The molecule has 0 amide bonds. The van der Waals surface area contributed by atoms with E-state index in [1.165, 1.54) is 34.2 Å². The number of ether oxygens (including phenoxy) is 1. The second-order valence-electron chi connectivity index (χ2n) is 6.50. The summed E-state index contributed by atoms with van der Waals surface area (Å²) in [5, 5.41) is 10.8. The second-order valence-corrected chi connectivity index (χ2v) is 6.50. The third-order valence-corrected chi connectivity index (χ3v) is 5.65. The zero-order chi connectivity index (χ0) is 15.1. The molecule has 0 aromatic heterocycles. The molecular weight excluding hydrogens is 248 g/mol. The highest BCUT2D eigenvalue weighted by Crippen LogP contribution is 2.43. The molecule has 1 atom stereocenters. The van der Waals surface area contributed by atoms with Crippen molar-refractivity contribution < 1.29 is 9.84 Å². The average Bonchev–Trinajstić information content (AvgIpc) is 2.38. The van der Waals surface area contributed by atoms with E-state index in [0.717, 1.165) is 18.4 Å². The van der Waals surface area contributed by atoms with Crippen LogP contribution in [-0.2, 0) is 4.74 Å². The summed E-state index contributed by atoms with van der Waals surface area (Å²) in [5.74, 6) is 0. The molecule has 1 aromatic carbocycles. The van der Waals surface area contributed by atoms with Crippen LogP contribution in [0, 0.1) is 34.6 Å². The Morgan fingerprint density at radius 1 is 0.950 bits per heavy atom. The smallest absolute Gasteiger partial charge is 0.0822 e. The Kier molecular flexibility index (Phi) is 4.27. The lowest BCUT2D eigenvalue weighted by molar-refractivity contribution is -0.100. The van der Waals surface area contributed by atoms with E-state index in [0.29, 0.717) is 6.42 Å². The summed E-state index contributed by atoms with van der Waals surface area (Å²) in [6.45, 7) is 10.7. The van der Waals surface area contributed by atoms with Gasteiger partial charge in [-0.2, -0.15) is 0 Å². The Balaban J connectivity index is 2.37. The van der Waals surface area contributed by atoms with E-state index >= 15 is 0 Å². The van der Waals surface area contributed by atoms with Crippen LogP contribution in [0.25, 0.3) is 0 Å². The van der Waals surface area contributed by atoms with E-state index in [1.807, 2.05) is 0 Å². The van der Waals surface area contributed by atoms with Gasteiger partial charge in [-0.15, -0.1) is 0 Å². The van der Waals surface area contributed by atoms with Crippen molar-refractivity contribution in [2.24, 2.45) is 0 Å². The molecule has 0 saturated heterocycles. The van der Waals surface area contributed by atoms with E-state index < -0.39 is 6.10 Å². The predicted octanol–water partition coefficient (Wildman–Crippen LogP) is 4.22. The van der Waals surface area contributed by atoms with Crippen molar-refractivity contribution in [3.63, 3.8) is 0 Å². The topological polar surface area (TPSA) is 29.5 Å². The second kappa shape index (κ2) is 5.50. The molecule has 1 aromatic rings. The van der Waals surface area contributed by atoms with Crippen LogP contribution in [0.1, 0.15) is 65.2 Å². The molecule has 0 heterocycles. The maximum absolute atomic E-state index is 10.8. The van der Waals surface area contributed by atoms with Crippen molar-refractivity contribution in [3.8, 4) is 0 Å². The predicted molar refractivity (Wildman–Crippen MR) is 83.3 cm³/mol. The molecule has 0 spiro atoms. The summed E-state index contributed by atoms with van der Waals surface area (Å²) in [5.41, 5.74) is 7.47. The van der Waals surface area contributed by atoms with Crippen molar-refractivity contribution in [2.75, 3.05) is 7.11 Å². The first-order valence-electron chi connectivity index (χ1n) is 7.63. The molecular formula is C18H28O2. The summed E-state index contributed by atoms with van der Waals surface area (Å²) < 4.78 is 5.67. The van der Waals surface area contributed by atoms with Gasteiger partial charge in [0, 0.05) is 13.5 Å². The standard InChI is InChI=1S/C18H28O2/c1-11-12(2)14(4)17(15(5)13(11)3)16(19)10-18(20-6)8-7-9-18/h16,19H,7-10H2,1-6H3. The summed E-state index contributed by atoms with van der Waals surface area (Å²) >= 11 is 0. The monoisotopic (exact) mass is 276 g/mol. The van der Waals surface area contributed by atoms with Gasteiger partial charge < -0.3 is 9.84 Å². The van der Waals surface area contributed by atoms with E-state index in [1.54, 1.807) is 7.11 Å². The number of benzene rings is 1. The van der Waals surface area contributed by atoms with Crippen molar-refractivity contribution in [1.29, 1.82) is 0 Å². The summed E-state index contributed by atoms with van der Waals surface area (Å²) in [4.78, 5) is 0. The van der Waals surface area contributed by atoms with Crippen LogP contribution in [0.3, 0.4) is 0 Å². The third-order valence-electron chi connectivity index (χ3n) is 5.65. The molecule has 1 unspecified atom stereocenters. The van der Waals surface area contributed by atoms with Crippen LogP contribution < -0.4 is 0 Å². The first kappa shape index (κ1) is 15.5. The number of aliphatic hydroxyl groups excluding tert-OH is 1.